The van der Waals surface area contributed by atoms with Gasteiger partial charge in [0.2, 0.25) is 0 Å². The van der Waals surface area contributed by atoms with Gasteiger partial charge in [0.15, 0.2) is 0 Å². The van der Waals surface area contributed by atoms with Gasteiger partial charge in [-0.05, 0) is 46.2 Å². The fourth-order valence-electron chi connectivity index (χ4n) is 2.66. The lowest BCUT2D eigenvalue weighted by Crippen LogP contribution is -2.36. The Morgan fingerprint density at radius 1 is 1.42 bits per heavy atom. The molecule has 0 amide bonds. The van der Waals surface area contributed by atoms with Crippen molar-refractivity contribution in [2.75, 3.05) is 13.1 Å². The monoisotopic (exact) mass is 281 g/mol. The highest BCUT2D eigenvalue weighted by molar-refractivity contribution is 7.11. The molecule has 1 unspecified atom stereocenters. The lowest BCUT2D eigenvalue weighted by atomic mass is 10.0. The summed E-state index contributed by atoms with van der Waals surface area (Å²) in [5, 5.41) is 4.77. The number of hydrogen-bond donors (Lipinski definition) is 1. The molecule has 1 aromatic rings. The number of aryl methyl sites for hydroxylation is 1. The summed E-state index contributed by atoms with van der Waals surface area (Å²) in [4.78, 5) is 8.75. The van der Waals surface area contributed by atoms with Crippen LogP contribution in [-0.4, -0.2) is 29.0 Å². The van der Waals surface area contributed by atoms with E-state index < -0.39 is 0 Å². The van der Waals surface area contributed by atoms with Crippen LogP contribution in [0.5, 0.6) is 0 Å². The van der Waals surface area contributed by atoms with E-state index in [4.69, 9.17) is 4.98 Å². The van der Waals surface area contributed by atoms with Gasteiger partial charge < -0.3 is 5.32 Å². The molecule has 2 heterocycles. The van der Waals surface area contributed by atoms with Crippen molar-refractivity contribution < 1.29 is 0 Å². The molecule has 0 aliphatic carbocycles. The van der Waals surface area contributed by atoms with Crippen LogP contribution >= 0.6 is 11.3 Å². The van der Waals surface area contributed by atoms with Crippen molar-refractivity contribution in [3.05, 3.63) is 15.6 Å². The average Bonchev–Trinajstić information content (AvgIpc) is 2.73. The molecule has 1 aliphatic rings. The predicted octanol–water partition coefficient (Wildman–Crippen LogP) is 3.33. The van der Waals surface area contributed by atoms with E-state index in [0.717, 1.165) is 25.7 Å². The van der Waals surface area contributed by atoms with Crippen molar-refractivity contribution in [1.82, 2.24) is 15.2 Å². The standard InChI is InChI=1S/C15H27N3S/c1-4-8-16-10-14-13(3)17-15(19-14)11-18-9-6-5-7-12(18)2/h12,16H,4-11H2,1-3H3. The zero-order chi connectivity index (χ0) is 13.7. The van der Waals surface area contributed by atoms with Crippen LogP contribution in [0, 0.1) is 6.92 Å². The number of hydrogen-bond acceptors (Lipinski definition) is 4. The molecule has 0 spiro atoms. The zero-order valence-electron chi connectivity index (χ0n) is 12.5. The van der Waals surface area contributed by atoms with Gasteiger partial charge in [0.1, 0.15) is 5.01 Å². The quantitative estimate of drug-likeness (QED) is 0.811. The van der Waals surface area contributed by atoms with Crippen molar-refractivity contribution in [1.29, 1.82) is 0 Å². The van der Waals surface area contributed by atoms with Crippen LogP contribution in [0.4, 0.5) is 0 Å². The molecule has 1 aromatic heterocycles. The molecule has 0 saturated carbocycles. The molecule has 2 rings (SSSR count). The Kier molecular flexibility index (Phi) is 5.79. The zero-order valence-corrected chi connectivity index (χ0v) is 13.4. The van der Waals surface area contributed by atoms with Crippen LogP contribution in [0.1, 0.15) is 55.1 Å². The van der Waals surface area contributed by atoms with Gasteiger partial charge in [0.05, 0.1) is 12.2 Å². The Labute approximate surface area is 121 Å². The Morgan fingerprint density at radius 3 is 3.00 bits per heavy atom. The summed E-state index contributed by atoms with van der Waals surface area (Å²) in [6.45, 7) is 11.0. The SMILES string of the molecule is CCCNCc1sc(CN2CCCCC2C)nc1C. The lowest BCUT2D eigenvalue weighted by molar-refractivity contribution is 0.152. The molecule has 1 saturated heterocycles. The van der Waals surface area contributed by atoms with Crippen molar-refractivity contribution in [3.8, 4) is 0 Å². The second-order valence-electron chi connectivity index (χ2n) is 5.61. The van der Waals surface area contributed by atoms with Gasteiger partial charge in [-0.3, -0.25) is 4.90 Å². The van der Waals surface area contributed by atoms with E-state index in [9.17, 15) is 0 Å². The van der Waals surface area contributed by atoms with E-state index in [1.165, 1.54) is 47.8 Å². The number of aromatic nitrogens is 1. The Bertz CT molecular complexity index is 389. The van der Waals surface area contributed by atoms with Crippen LogP contribution in [0.2, 0.25) is 0 Å². The number of nitrogens with one attached hydrogen (secondary N) is 1. The minimum absolute atomic E-state index is 0.722. The van der Waals surface area contributed by atoms with E-state index in [2.05, 4.69) is 31.0 Å². The van der Waals surface area contributed by atoms with Crippen LogP contribution in [0.3, 0.4) is 0 Å². The summed E-state index contributed by atoms with van der Waals surface area (Å²) in [5.41, 5.74) is 1.22. The van der Waals surface area contributed by atoms with E-state index in [-0.39, 0.29) is 0 Å². The van der Waals surface area contributed by atoms with E-state index in [1.807, 2.05) is 11.3 Å². The highest BCUT2D eigenvalue weighted by atomic mass is 32.1. The van der Waals surface area contributed by atoms with Gasteiger partial charge in [0.25, 0.3) is 0 Å². The molecule has 108 valence electrons. The van der Waals surface area contributed by atoms with Crippen molar-refractivity contribution >= 4 is 11.3 Å². The van der Waals surface area contributed by atoms with E-state index in [1.54, 1.807) is 0 Å². The molecular weight excluding hydrogens is 254 g/mol. The third-order valence-electron chi connectivity index (χ3n) is 3.93. The van der Waals surface area contributed by atoms with Gasteiger partial charge in [0, 0.05) is 17.5 Å². The third kappa shape index (κ3) is 4.26. The van der Waals surface area contributed by atoms with Crippen molar-refractivity contribution in [2.24, 2.45) is 0 Å². The van der Waals surface area contributed by atoms with Crippen LogP contribution in [0.25, 0.3) is 0 Å². The molecule has 0 radical (unpaired) electrons. The van der Waals surface area contributed by atoms with Gasteiger partial charge in [-0.25, -0.2) is 4.98 Å². The van der Waals surface area contributed by atoms with Crippen molar-refractivity contribution in [2.45, 2.75) is 65.6 Å². The summed E-state index contributed by atoms with van der Waals surface area (Å²) in [6.07, 6.45) is 5.27. The molecule has 1 atom stereocenters. The van der Waals surface area contributed by atoms with E-state index >= 15 is 0 Å². The first-order chi connectivity index (χ1) is 9.20. The largest absolute Gasteiger partial charge is 0.312 e. The predicted molar refractivity (Wildman–Crippen MR) is 82.6 cm³/mol. The fourth-order valence-corrected chi connectivity index (χ4v) is 3.73. The highest BCUT2D eigenvalue weighted by Crippen LogP contribution is 2.23. The lowest BCUT2D eigenvalue weighted by Gasteiger charge is -2.32. The fraction of sp³-hybridized carbons (Fsp3) is 0.800. The molecule has 0 bridgehead atoms. The highest BCUT2D eigenvalue weighted by Gasteiger charge is 2.19. The summed E-state index contributed by atoms with van der Waals surface area (Å²) in [5.74, 6) is 0. The topological polar surface area (TPSA) is 28.2 Å². The first-order valence-electron chi connectivity index (χ1n) is 7.60. The maximum atomic E-state index is 4.75. The summed E-state index contributed by atoms with van der Waals surface area (Å²) in [7, 11) is 0. The van der Waals surface area contributed by atoms with E-state index in [0.29, 0.717) is 0 Å². The minimum atomic E-state index is 0.722. The second-order valence-corrected chi connectivity index (χ2v) is 6.78. The summed E-state index contributed by atoms with van der Waals surface area (Å²) >= 11 is 1.89. The molecule has 19 heavy (non-hydrogen) atoms. The smallest absolute Gasteiger partial charge is 0.107 e. The van der Waals surface area contributed by atoms with Crippen LogP contribution in [0.15, 0.2) is 0 Å². The summed E-state index contributed by atoms with van der Waals surface area (Å²) in [6, 6.07) is 0.722. The van der Waals surface area contributed by atoms with Crippen molar-refractivity contribution in [3.63, 3.8) is 0 Å². The Hall–Kier alpha value is -0.450. The molecule has 4 heteroatoms. The molecule has 1 aliphatic heterocycles. The normalized spacial score (nSPS) is 20.9. The number of thiazole rings is 1. The van der Waals surface area contributed by atoms with Gasteiger partial charge in [-0.15, -0.1) is 11.3 Å². The number of likely N-dealkylation sites (tertiary alicyclic amines) is 1. The number of nitrogens with zero attached hydrogens (tertiary/aromatic N) is 2. The minimum Gasteiger partial charge on any atom is -0.312 e. The Morgan fingerprint density at radius 2 is 2.26 bits per heavy atom. The van der Waals surface area contributed by atoms with Crippen LogP contribution in [-0.2, 0) is 13.1 Å². The first-order valence-corrected chi connectivity index (χ1v) is 8.42. The van der Waals surface area contributed by atoms with Crippen LogP contribution < -0.4 is 5.32 Å². The summed E-state index contributed by atoms with van der Waals surface area (Å²) < 4.78 is 0. The third-order valence-corrected chi connectivity index (χ3v) is 5.07. The first kappa shape index (κ1) is 14.9. The Balaban J connectivity index is 1.91. The van der Waals surface area contributed by atoms with Gasteiger partial charge >= 0.3 is 0 Å². The van der Waals surface area contributed by atoms with Gasteiger partial charge in [-0.1, -0.05) is 13.3 Å². The second kappa shape index (κ2) is 7.36. The average molecular weight is 281 g/mol. The molecule has 3 nitrogen and oxygen atoms in total. The molecule has 1 N–H and O–H groups in total. The molecular formula is C15H27N3S. The number of piperidine rings is 1. The molecule has 1 fully saturated rings. The molecule has 0 aromatic carbocycles. The number of rotatable bonds is 6. The maximum Gasteiger partial charge on any atom is 0.107 e. The maximum absolute atomic E-state index is 4.75. The van der Waals surface area contributed by atoms with Gasteiger partial charge in [-0.2, -0.15) is 0 Å².